The lowest BCUT2D eigenvalue weighted by atomic mass is 10.2. The van der Waals surface area contributed by atoms with Gasteiger partial charge in [0.1, 0.15) is 0 Å². The number of aryl methyl sites for hydroxylation is 1. The molecule has 0 saturated carbocycles. The number of methoxy groups -OCH3 is 2. The number of pyridine rings is 1. The van der Waals surface area contributed by atoms with Crippen molar-refractivity contribution < 1.29 is 19.1 Å². The quantitative estimate of drug-likeness (QED) is 0.698. The average molecular weight is 280 g/mol. The van der Waals surface area contributed by atoms with Gasteiger partial charge in [0, 0.05) is 32.6 Å². The van der Waals surface area contributed by atoms with E-state index in [-0.39, 0.29) is 18.3 Å². The third kappa shape index (κ3) is 4.97. The van der Waals surface area contributed by atoms with Crippen LogP contribution in [0.2, 0.25) is 0 Å². The van der Waals surface area contributed by atoms with Crippen molar-refractivity contribution in [1.82, 2.24) is 9.88 Å². The van der Waals surface area contributed by atoms with Gasteiger partial charge in [0.05, 0.1) is 25.7 Å². The fourth-order valence-electron chi connectivity index (χ4n) is 1.70. The van der Waals surface area contributed by atoms with E-state index in [1.165, 1.54) is 13.3 Å². The van der Waals surface area contributed by atoms with Gasteiger partial charge in [-0.25, -0.2) is 0 Å². The van der Waals surface area contributed by atoms with Crippen molar-refractivity contribution in [1.29, 1.82) is 0 Å². The molecule has 0 aliphatic heterocycles. The van der Waals surface area contributed by atoms with Crippen molar-refractivity contribution in [2.45, 2.75) is 13.3 Å². The Balaban J connectivity index is 2.75. The molecule has 1 aromatic heterocycles. The van der Waals surface area contributed by atoms with Crippen LogP contribution in [0.4, 0.5) is 0 Å². The number of hydrogen-bond donors (Lipinski definition) is 0. The number of rotatable bonds is 7. The van der Waals surface area contributed by atoms with E-state index in [9.17, 15) is 9.59 Å². The first kappa shape index (κ1) is 16.1. The average Bonchev–Trinajstić information content (AvgIpc) is 2.46. The van der Waals surface area contributed by atoms with Gasteiger partial charge in [-0.2, -0.15) is 0 Å². The molecule has 0 N–H and O–H groups in total. The van der Waals surface area contributed by atoms with Gasteiger partial charge in [-0.15, -0.1) is 0 Å². The molecule has 0 saturated heterocycles. The van der Waals surface area contributed by atoms with E-state index in [0.717, 1.165) is 5.56 Å². The van der Waals surface area contributed by atoms with Crippen LogP contribution < -0.4 is 0 Å². The van der Waals surface area contributed by atoms with Crippen LogP contribution in [0.3, 0.4) is 0 Å². The second kappa shape index (κ2) is 8.27. The summed E-state index contributed by atoms with van der Waals surface area (Å²) in [4.78, 5) is 29.2. The van der Waals surface area contributed by atoms with E-state index in [4.69, 9.17) is 4.74 Å². The van der Waals surface area contributed by atoms with Crippen LogP contribution in [0.5, 0.6) is 0 Å². The highest BCUT2D eigenvalue weighted by molar-refractivity contribution is 5.94. The number of aromatic nitrogens is 1. The standard InChI is InChI=1S/C14H20N2O4/c1-11-8-12(10-15-9-11)14(18)16(6-7-19-2)5-4-13(17)20-3/h8-10H,4-7H2,1-3H3. The predicted molar refractivity (Wildman–Crippen MR) is 73.4 cm³/mol. The Bertz CT molecular complexity index is 462. The van der Waals surface area contributed by atoms with E-state index in [1.54, 1.807) is 24.3 Å². The van der Waals surface area contributed by atoms with Gasteiger partial charge < -0.3 is 14.4 Å². The van der Waals surface area contributed by atoms with E-state index in [2.05, 4.69) is 9.72 Å². The van der Waals surface area contributed by atoms with E-state index in [0.29, 0.717) is 25.3 Å². The maximum atomic E-state index is 12.4. The molecule has 0 aliphatic carbocycles. The Labute approximate surface area is 118 Å². The fraction of sp³-hybridized carbons (Fsp3) is 0.500. The van der Waals surface area contributed by atoms with Crippen LogP contribution in [0.25, 0.3) is 0 Å². The number of amides is 1. The summed E-state index contributed by atoms with van der Waals surface area (Å²) in [6.07, 6.45) is 3.36. The first-order chi connectivity index (χ1) is 9.58. The van der Waals surface area contributed by atoms with Crippen molar-refractivity contribution in [2.75, 3.05) is 33.9 Å². The molecule has 20 heavy (non-hydrogen) atoms. The van der Waals surface area contributed by atoms with Gasteiger partial charge >= 0.3 is 5.97 Å². The monoisotopic (exact) mass is 280 g/mol. The number of ether oxygens (including phenoxy) is 2. The lowest BCUT2D eigenvalue weighted by Gasteiger charge is -2.22. The van der Waals surface area contributed by atoms with Crippen molar-refractivity contribution in [3.8, 4) is 0 Å². The van der Waals surface area contributed by atoms with Gasteiger partial charge in [-0.3, -0.25) is 14.6 Å². The molecule has 0 aliphatic rings. The molecule has 1 heterocycles. The van der Waals surface area contributed by atoms with Crippen LogP contribution in [-0.4, -0.2) is 55.7 Å². The highest BCUT2D eigenvalue weighted by Gasteiger charge is 2.17. The van der Waals surface area contributed by atoms with Crippen molar-refractivity contribution >= 4 is 11.9 Å². The molecule has 110 valence electrons. The smallest absolute Gasteiger partial charge is 0.307 e. The second-order valence-corrected chi connectivity index (χ2v) is 4.36. The number of carbonyl (C=O) groups excluding carboxylic acids is 2. The summed E-state index contributed by atoms with van der Waals surface area (Å²) < 4.78 is 9.58. The van der Waals surface area contributed by atoms with E-state index >= 15 is 0 Å². The number of hydrogen-bond acceptors (Lipinski definition) is 5. The minimum atomic E-state index is -0.345. The molecule has 0 spiro atoms. The van der Waals surface area contributed by atoms with Crippen LogP contribution in [-0.2, 0) is 14.3 Å². The molecule has 0 unspecified atom stereocenters. The van der Waals surface area contributed by atoms with Crippen LogP contribution in [0, 0.1) is 6.92 Å². The van der Waals surface area contributed by atoms with Gasteiger partial charge in [0.15, 0.2) is 0 Å². The van der Waals surface area contributed by atoms with Crippen molar-refractivity contribution in [3.05, 3.63) is 29.6 Å². The highest BCUT2D eigenvalue weighted by atomic mass is 16.5. The Hall–Kier alpha value is -1.95. The fourth-order valence-corrected chi connectivity index (χ4v) is 1.70. The highest BCUT2D eigenvalue weighted by Crippen LogP contribution is 2.07. The summed E-state index contributed by atoms with van der Waals surface area (Å²) in [5.41, 5.74) is 1.42. The summed E-state index contributed by atoms with van der Waals surface area (Å²) in [6.45, 7) is 2.99. The SMILES string of the molecule is COCCN(CCC(=O)OC)C(=O)c1cncc(C)c1. The molecule has 0 atom stereocenters. The molecule has 6 heteroatoms. The van der Waals surface area contributed by atoms with Crippen LogP contribution >= 0.6 is 0 Å². The Morgan fingerprint density at radius 3 is 2.60 bits per heavy atom. The van der Waals surface area contributed by atoms with Gasteiger partial charge in [-0.05, 0) is 18.6 Å². The largest absolute Gasteiger partial charge is 0.469 e. The summed E-state index contributed by atoms with van der Waals surface area (Å²) in [5.74, 6) is -0.510. The van der Waals surface area contributed by atoms with E-state index < -0.39 is 0 Å². The topological polar surface area (TPSA) is 68.7 Å². The third-order valence-corrected chi connectivity index (χ3v) is 2.79. The third-order valence-electron chi connectivity index (χ3n) is 2.79. The zero-order valence-corrected chi connectivity index (χ0v) is 12.1. The Kier molecular flexibility index (Phi) is 6.66. The predicted octanol–water partition coefficient (Wildman–Crippen LogP) is 1.04. The first-order valence-electron chi connectivity index (χ1n) is 6.35. The number of esters is 1. The van der Waals surface area contributed by atoms with Crippen molar-refractivity contribution in [2.24, 2.45) is 0 Å². The molecule has 6 nitrogen and oxygen atoms in total. The normalized spacial score (nSPS) is 10.2. The molecular weight excluding hydrogens is 260 g/mol. The first-order valence-corrected chi connectivity index (χ1v) is 6.35. The number of carbonyl (C=O) groups is 2. The lowest BCUT2D eigenvalue weighted by Crippen LogP contribution is -2.36. The minimum absolute atomic E-state index is 0.158. The molecule has 1 aromatic rings. The van der Waals surface area contributed by atoms with Gasteiger partial charge in [0.25, 0.3) is 5.91 Å². The minimum Gasteiger partial charge on any atom is -0.469 e. The number of nitrogens with zero attached hydrogens (tertiary/aromatic N) is 2. The van der Waals surface area contributed by atoms with Crippen molar-refractivity contribution in [3.63, 3.8) is 0 Å². The molecular formula is C14H20N2O4. The Morgan fingerprint density at radius 2 is 2.00 bits per heavy atom. The lowest BCUT2D eigenvalue weighted by molar-refractivity contribution is -0.140. The van der Waals surface area contributed by atoms with Crippen LogP contribution in [0.1, 0.15) is 22.3 Å². The Morgan fingerprint density at radius 1 is 1.25 bits per heavy atom. The summed E-state index contributed by atoms with van der Waals surface area (Å²) in [5, 5.41) is 0. The molecule has 0 aromatic carbocycles. The van der Waals surface area contributed by atoms with Crippen LogP contribution in [0.15, 0.2) is 18.5 Å². The zero-order chi connectivity index (χ0) is 15.0. The van der Waals surface area contributed by atoms with E-state index in [1.807, 2.05) is 6.92 Å². The second-order valence-electron chi connectivity index (χ2n) is 4.36. The molecule has 0 fully saturated rings. The van der Waals surface area contributed by atoms with Gasteiger partial charge in [0.2, 0.25) is 0 Å². The molecule has 1 amide bonds. The molecule has 1 rings (SSSR count). The summed E-state index contributed by atoms with van der Waals surface area (Å²) in [7, 11) is 2.89. The molecule has 0 bridgehead atoms. The maximum absolute atomic E-state index is 12.4. The van der Waals surface area contributed by atoms with Gasteiger partial charge in [-0.1, -0.05) is 0 Å². The maximum Gasteiger partial charge on any atom is 0.307 e. The summed E-state index contributed by atoms with van der Waals surface area (Å²) in [6, 6.07) is 1.77. The summed E-state index contributed by atoms with van der Waals surface area (Å²) >= 11 is 0. The molecule has 0 radical (unpaired) electrons. The zero-order valence-electron chi connectivity index (χ0n) is 12.1.